The van der Waals surface area contributed by atoms with E-state index in [1.165, 1.54) is 6.07 Å². The minimum atomic E-state index is -0.429. The van der Waals surface area contributed by atoms with E-state index in [1.54, 1.807) is 31.3 Å². The number of halogens is 2. The van der Waals surface area contributed by atoms with E-state index in [0.29, 0.717) is 22.0 Å². The van der Waals surface area contributed by atoms with Crippen molar-refractivity contribution in [2.24, 2.45) is 0 Å². The molecule has 0 amide bonds. The average Bonchev–Trinajstić information content (AvgIpc) is 2.47. The summed E-state index contributed by atoms with van der Waals surface area (Å²) in [5.74, 6) is 0.514. The third kappa shape index (κ3) is 3.65. The van der Waals surface area contributed by atoms with Gasteiger partial charge in [-0.15, -0.1) is 0 Å². The van der Waals surface area contributed by atoms with Gasteiger partial charge in [0.1, 0.15) is 18.0 Å². The van der Waals surface area contributed by atoms with Crippen molar-refractivity contribution in [3.8, 4) is 5.75 Å². The zero-order chi connectivity index (χ0) is 15.4. The van der Waals surface area contributed by atoms with E-state index in [-0.39, 0.29) is 12.3 Å². The number of nitrogens with zero attached hydrogens (tertiary/aromatic N) is 1. The van der Waals surface area contributed by atoms with Crippen molar-refractivity contribution in [1.82, 2.24) is 0 Å². The molecular formula is C14H12BrClN2O3. The Bertz CT molecular complexity index is 679. The standard InChI is InChI=1S/C14H12BrClN2O3/c1-17-14-9(3-2-4-12(14)18(19)20)8-21-13-7-10(15)5-6-11(13)16/h2-7,17H,8H2,1H3. The summed E-state index contributed by atoms with van der Waals surface area (Å²) in [6.07, 6.45) is 0. The lowest BCUT2D eigenvalue weighted by molar-refractivity contribution is -0.384. The van der Waals surface area contributed by atoms with E-state index in [0.717, 1.165) is 4.47 Å². The lowest BCUT2D eigenvalue weighted by Gasteiger charge is -2.12. The minimum absolute atomic E-state index is 0.0129. The minimum Gasteiger partial charge on any atom is -0.487 e. The molecule has 1 N–H and O–H groups in total. The second-order valence-corrected chi connectivity index (χ2v) is 5.50. The van der Waals surface area contributed by atoms with Gasteiger partial charge in [-0.05, 0) is 18.2 Å². The molecule has 0 aliphatic heterocycles. The molecule has 0 spiro atoms. The number of ether oxygens (including phenoxy) is 1. The van der Waals surface area contributed by atoms with Crippen molar-refractivity contribution in [3.05, 3.63) is 61.6 Å². The van der Waals surface area contributed by atoms with Crippen LogP contribution in [-0.2, 0) is 6.61 Å². The van der Waals surface area contributed by atoms with Crippen LogP contribution < -0.4 is 10.1 Å². The maximum absolute atomic E-state index is 11.0. The molecule has 21 heavy (non-hydrogen) atoms. The zero-order valence-electron chi connectivity index (χ0n) is 11.1. The van der Waals surface area contributed by atoms with Crippen LogP contribution in [0.3, 0.4) is 0 Å². The third-order valence-electron chi connectivity index (χ3n) is 2.85. The second-order valence-electron chi connectivity index (χ2n) is 4.18. The molecule has 0 aliphatic rings. The summed E-state index contributed by atoms with van der Waals surface area (Å²) < 4.78 is 6.50. The number of hydrogen-bond donors (Lipinski definition) is 1. The van der Waals surface area contributed by atoms with Gasteiger partial charge in [-0.3, -0.25) is 10.1 Å². The van der Waals surface area contributed by atoms with Crippen LogP contribution in [0.5, 0.6) is 5.75 Å². The Labute approximate surface area is 135 Å². The van der Waals surface area contributed by atoms with Gasteiger partial charge in [0, 0.05) is 23.2 Å². The first-order valence-corrected chi connectivity index (χ1v) is 7.22. The van der Waals surface area contributed by atoms with E-state index in [9.17, 15) is 10.1 Å². The molecule has 0 aliphatic carbocycles. The molecule has 0 unspecified atom stereocenters. The maximum atomic E-state index is 11.0. The van der Waals surface area contributed by atoms with Crippen LogP contribution in [0.15, 0.2) is 40.9 Å². The Morgan fingerprint density at radius 1 is 1.38 bits per heavy atom. The smallest absolute Gasteiger partial charge is 0.292 e. The van der Waals surface area contributed by atoms with Crippen LogP contribution >= 0.6 is 27.5 Å². The van der Waals surface area contributed by atoms with Crippen LogP contribution in [0.2, 0.25) is 5.02 Å². The highest BCUT2D eigenvalue weighted by Crippen LogP contribution is 2.31. The molecule has 0 aromatic heterocycles. The largest absolute Gasteiger partial charge is 0.487 e. The van der Waals surface area contributed by atoms with Gasteiger partial charge in [0.2, 0.25) is 0 Å². The predicted molar refractivity (Wildman–Crippen MR) is 86.1 cm³/mol. The topological polar surface area (TPSA) is 64.4 Å². The number of nitro benzene ring substituents is 1. The Balaban J connectivity index is 2.26. The van der Waals surface area contributed by atoms with E-state index < -0.39 is 4.92 Å². The number of hydrogen-bond acceptors (Lipinski definition) is 4. The highest BCUT2D eigenvalue weighted by atomic mass is 79.9. The molecule has 0 saturated heterocycles. The lowest BCUT2D eigenvalue weighted by Crippen LogP contribution is -2.04. The molecule has 2 aromatic carbocycles. The van der Waals surface area contributed by atoms with Crippen molar-refractivity contribution < 1.29 is 9.66 Å². The normalized spacial score (nSPS) is 10.2. The SMILES string of the molecule is CNc1c(COc2cc(Br)ccc2Cl)cccc1[N+](=O)[O-]. The van der Waals surface area contributed by atoms with Crippen LogP contribution in [0.25, 0.3) is 0 Å². The first kappa shape index (κ1) is 15.6. The first-order valence-electron chi connectivity index (χ1n) is 6.05. The molecule has 0 radical (unpaired) electrons. The highest BCUT2D eigenvalue weighted by Gasteiger charge is 2.16. The number of nitro groups is 1. The van der Waals surface area contributed by atoms with E-state index in [4.69, 9.17) is 16.3 Å². The molecule has 0 atom stereocenters. The summed E-state index contributed by atoms with van der Waals surface area (Å²) in [6.45, 7) is 0.175. The Kier molecular flexibility index (Phi) is 5.03. The highest BCUT2D eigenvalue weighted by molar-refractivity contribution is 9.10. The summed E-state index contributed by atoms with van der Waals surface area (Å²) in [7, 11) is 1.64. The number of anilines is 1. The van der Waals surface area contributed by atoms with E-state index in [2.05, 4.69) is 21.2 Å². The van der Waals surface area contributed by atoms with Gasteiger partial charge >= 0.3 is 0 Å². The van der Waals surface area contributed by atoms with Gasteiger partial charge in [0.15, 0.2) is 0 Å². The van der Waals surface area contributed by atoms with Gasteiger partial charge in [0.25, 0.3) is 5.69 Å². The zero-order valence-corrected chi connectivity index (χ0v) is 13.4. The predicted octanol–water partition coefficient (Wildman–Crippen LogP) is 4.63. The molecule has 110 valence electrons. The van der Waals surface area contributed by atoms with Gasteiger partial charge in [0.05, 0.1) is 9.95 Å². The molecular weight excluding hydrogens is 360 g/mol. The third-order valence-corrected chi connectivity index (χ3v) is 3.66. The molecule has 7 heteroatoms. The molecule has 5 nitrogen and oxygen atoms in total. The molecule has 0 fully saturated rings. The first-order chi connectivity index (χ1) is 10.0. The maximum Gasteiger partial charge on any atom is 0.292 e. The average molecular weight is 372 g/mol. The van der Waals surface area contributed by atoms with Crippen molar-refractivity contribution in [2.75, 3.05) is 12.4 Å². The monoisotopic (exact) mass is 370 g/mol. The fraction of sp³-hybridized carbons (Fsp3) is 0.143. The number of para-hydroxylation sites is 1. The van der Waals surface area contributed by atoms with Crippen LogP contribution in [0.4, 0.5) is 11.4 Å². The quantitative estimate of drug-likeness (QED) is 0.614. The van der Waals surface area contributed by atoms with Crippen molar-refractivity contribution in [2.45, 2.75) is 6.61 Å². The van der Waals surface area contributed by atoms with Crippen molar-refractivity contribution in [1.29, 1.82) is 0 Å². The van der Waals surface area contributed by atoms with Gasteiger partial charge < -0.3 is 10.1 Å². The summed E-state index contributed by atoms with van der Waals surface area (Å²) in [5, 5.41) is 14.3. The van der Waals surface area contributed by atoms with Gasteiger partial charge in [-0.25, -0.2) is 0 Å². The molecule has 2 rings (SSSR count). The second kappa shape index (κ2) is 6.78. The van der Waals surface area contributed by atoms with Gasteiger partial charge in [-0.2, -0.15) is 0 Å². The van der Waals surface area contributed by atoms with Crippen molar-refractivity contribution >= 4 is 38.9 Å². The fourth-order valence-electron chi connectivity index (χ4n) is 1.89. The van der Waals surface area contributed by atoms with Crippen LogP contribution in [0, 0.1) is 10.1 Å². The molecule has 0 saturated carbocycles. The molecule has 2 aromatic rings. The number of benzene rings is 2. The van der Waals surface area contributed by atoms with Crippen LogP contribution in [-0.4, -0.2) is 12.0 Å². The molecule has 0 heterocycles. The van der Waals surface area contributed by atoms with E-state index >= 15 is 0 Å². The van der Waals surface area contributed by atoms with Crippen LogP contribution in [0.1, 0.15) is 5.56 Å². The number of rotatable bonds is 5. The summed E-state index contributed by atoms with van der Waals surface area (Å²) in [6, 6.07) is 10.1. The Hall–Kier alpha value is -1.79. The lowest BCUT2D eigenvalue weighted by atomic mass is 10.1. The van der Waals surface area contributed by atoms with E-state index in [1.807, 2.05) is 6.07 Å². The Morgan fingerprint density at radius 3 is 2.81 bits per heavy atom. The number of nitrogens with one attached hydrogen (secondary N) is 1. The van der Waals surface area contributed by atoms with Crippen molar-refractivity contribution in [3.63, 3.8) is 0 Å². The molecule has 0 bridgehead atoms. The van der Waals surface area contributed by atoms with Gasteiger partial charge in [-0.1, -0.05) is 39.7 Å². The summed E-state index contributed by atoms with van der Waals surface area (Å²) >= 11 is 9.39. The summed E-state index contributed by atoms with van der Waals surface area (Å²) in [4.78, 5) is 10.6. The summed E-state index contributed by atoms with van der Waals surface area (Å²) in [5.41, 5.74) is 1.13. The Morgan fingerprint density at radius 2 is 2.14 bits per heavy atom. The fourth-order valence-corrected chi connectivity index (χ4v) is 2.40.